The van der Waals surface area contributed by atoms with Crippen molar-refractivity contribution in [2.75, 3.05) is 6.61 Å². The van der Waals surface area contributed by atoms with E-state index in [2.05, 4.69) is 28.7 Å². The van der Waals surface area contributed by atoms with E-state index in [9.17, 15) is 0 Å². The van der Waals surface area contributed by atoms with Gasteiger partial charge in [-0.2, -0.15) is 5.26 Å². The number of nitriles is 1. The van der Waals surface area contributed by atoms with Crippen LogP contribution < -0.4 is 4.74 Å². The van der Waals surface area contributed by atoms with Gasteiger partial charge < -0.3 is 4.74 Å². The summed E-state index contributed by atoms with van der Waals surface area (Å²) in [6, 6.07) is 10.1. The topological polar surface area (TPSA) is 33.0 Å². The molecule has 0 saturated carbocycles. The van der Waals surface area contributed by atoms with Gasteiger partial charge in [0.1, 0.15) is 5.75 Å². The van der Waals surface area contributed by atoms with Crippen molar-refractivity contribution in [1.29, 1.82) is 5.26 Å². The second-order valence-electron chi connectivity index (χ2n) is 2.92. The normalized spacial score (nSPS) is 9.43. The van der Waals surface area contributed by atoms with Gasteiger partial charge in [0.05, 0.1) is 12.7 Å². The maximum atomic E-state index is 8.32. The van der Waals surface area contributed by atoms with Crippen LogP contribution in [0.4, 0.5) is 0 Å². The molecule has 0 heterocycles. The maximum absolute atomic E-state index is 8.32. The van der Waals surface area contributed by atoms with Crippen molar-refractivity contribution in [3.63, 3.8) is 0 Å². The van der Waals surface area contributed by atoms with Gasteiger partial charge in [0, 0.05) is 9.99 Å². The fourth-order valence-corrected chi connectivity index (χ4v) is 1.39. The van der Waals surface area contributed by atoms with Gasteiger partial charge in [-0.15, -0.1) is 0 Å². The summed E-state index contributed by atoms with van der Waals surface area (Å²) < 4.78 is 6.70. The van der Waals surface area contributed by atoms with E-state index in [-0.39, 0.29) is 0 Å². The molecule has 0 bridgehead atoms. The third kappa shape index (κ3) is 4.47. The second kappa shape index (κ2) is 6.66. The van der Waals surface area contributed by atoms with Crippen molar-refractivity contribution < 1.29 is 4.74 Å². The summed E-state index contributed by atoms with van der Waals surface area (Å²) in [6.07, 6.45) is 2.48. The summed E-state index contributed by atoms with van der Waals surface area (Å²) in [5.41, 5.74) is 0. The van der Waals surface area contributed by atoms with Gasteiger partial charge in [-0.25, -0.2) is 0 Å². The predicted molar refractivity (Wildman–Crippen MR) is 64.1 cm³/mol. The van der Waals surface area contributed by atoms with Crippen LogP contribution in [-0.4, -0.2) is 6.61 Å². The highest BCUT2D eigenvalue weighted by atomic mass is 127. The lowest BCUT2D eigenvalue weighted by atomic mass is 10.2. The molecule has 0 fully saturated rings. The first-order valence-electron chi connectivity index (χ1n) is 4.58. The number of nitrogens with zero attached hydrogens (tertiary/aromatic N) is 1. The van der Waals surface area contributed by atoms with Crippen LogP contribution in [0.3, 0.4) is 0 Å². The van der Waals surface area contributed by atoms with Crippen molar-refractivity contribution in [2.45, 2.75) is 19.3 Å². The van der Waals surface area contributed by atoms with Crippen LogP contribution in [0, 0.1) is 14.9 Å². The molecule has 0 aliphatic carbocycles. The lowest BCUT2D eigenvalue weighted by Crippen LogP contribution is -1.96. The van der Waals surface area contributed by atoms with E-state index in [0.29, 0.717) is 13.0 Å². The predicted octanol–water partition coefficient (Wildman–Crippen LogP) is 3.36. The van der Waals surface area contributed by atoms with Gasteiger partial charge in [-0.05, 0) is 59.7 Å². The van der Waals surface area contributed by atoms with Crippen molar-refractivity contribution in [2.24, 2.45) is 0 Å². The summed E-state index contributed by atoms with van der Waals surface area (Å²) in [6.45, 7) is 0.697. The minimum Gasteiger partial charge on any atom is -0.494 e. The highest BCUT2D eigenvalue weighted by molar-refractivity contribution is 14.1. The number of ether oxygens (including phenoxy) is 1. The number of unbranched alkanes of at least 4 members (excludes halogenated alkanes) is 2. The molecule has 0 aliphatic heterocycles. The number of benzene rings is 1. The average Bonchev–Trinajstić information content (AvgIpc) is 2.21. The van der Waals surface area contributed by atoms with Crippen LogP contribution in [-0.2, 0) is 0 Å². The number of hydrogen-bond donors (Lipinski definition) is 0. The zero-order valence-corrected chi connectivity index (χ0v) is 10.0. The smallest absolute Gasteiger partial charge is 0.119 e. The molecule has 74 valence electrons. The van der Waals surface area contributed by atoms with Crippen molar-refractivity contribution in [3.8, 4) is 11.8 Å². The van der Waals surface area contributed by atoms with Crippen molar-refractivity contribution >= 4 is 22.6 Å². The fraction of sp³-hybridized carbons (Fsp3) is 0.364. The Kier molecular flexibility index (Phi) is 5.38. The number of halogens is 1. The third-order valence-electron chi connectivity index (χ3n) is 1.77. The van der Waals surface area contributed by atoms with Gasteiger partial charge in [-0.1, -0.05) is 0 Å². The van der Waals surface area contributed by atoms with E-state index in [1.807, 2.05) is 24.3 Å². The van der Waals surface area contributed by atoms with Crippen LogP contribution in [0.25, 0.3) is 0 Å². The van der Waals surface area contributed by atoms with Crippen molar-refractivity contribution in [1.82, 2.24) is 0 Å². The van der Waals surface area contributed by atoms with Gasteiger partial charge in [-0.3, -0.25) is 0 Å². The summed E-state index contributed by atoms with van der Waals surface area (Å²) in [7, 11) is 0. The van der Waals surface area contributed by atoms with E-state index in [0.717, 1.165) is 18.6 Å². The van der Waals surface area contributed by atoms with Gasteiger partial charge in [0.2, 0.25) is 0 Å². The minimum atomic E-state index is 0.621. The fourth-order valence-electron chi connectivity index (χ4n) is 1.03. The van der Waals surface area contributed by atoms with Crippen LogP contribution in [0.5, 0.6) is 5.75 Å². The summed E-state index contributed by atoms with van der Waals surface area (Å²) >= 11 is 2.26. The van der Waals surface area contributed by atoms with E-state index < -0.39 is 0 Å². The SMILES string of the molecule is N#CCCCCOc1ccc(I)cc1. The van der Waals surface area contributed by atoms with Gasteiger partial charge in [0.15, 0.2) is 0 Å². The molecule has 2 nitrogen and oxygen atoms in total. The average molecular weight is 301 g/mol. The Balaban J connectivity index is 2.19. The Labute approximate surface area is 98.0 Å². The van der Waals surface area contributed by atoms with E-state index in [4.69, 9.17) is 10.00 Å². The van der Waals surface area contributed by atoms with Crippen molar-refractivity contribution in [3.05, 3.63) is 27.8 Å². The standard InChI is InChI=1S/C11H12INO/c12-10-4-6-11(7-5-10)14-9-3-1-2-8-13/h4-7H,1-3,9H2. The molecule has 3 heteroatoms. The molecule has 0 unspecified atom stereocenters. The van der Waals surface area contributed by atoms with E-state index >= 15 is 0 Å². The molecule has 0 saturated heterocycles. The summed E-state index contributed by atoms with van der Waals surface area (Å²) in [5, 5.41) is 8.32. The highest BCUT2D eigenvalue weighted by Crippen LogP contribution is 2.13. The lowest BCUT2D eigenvalue weighted by molar-refractivity contribution is 0.307. The van der Waals surface area contributed by atoms with Crippen LogP contribution in [0.2, 0.25) is 0 Å². The first-order valence-corrected chi connectivity index (χ1v) is 5.66. The zero-order chi connectivity index (χ0) is 10.2. The molecule has 0 spiro atoms. The Hall–Kier alpha value is -0.760. The van der Waals surface area contributed by atoms with Crippen LogP contribution in [0.15, 0.2) is 24.3 Å². The largest absolute Gasteiger partial charge is 0.494 e. The Morgan fingerprint density at radius 2 is 1.93 bits per heavy atom. The molecular formula is C11H12INO. The van der Waals surface area contributed by atoms with Gasteiger partial charge >= 0.3 is 0 Å². The molecule has 1 rings (SSSR count). The number of rotatable bonds is 5. The molecule has 1 aromatic rings. The first-order chi connectivity index (χ1) is 6.83. The molecule has 14 heavy (non-hydrogen) atoms. The zero-order valence-electron chi connectivity index (χ0n) is 7.87. The summed E-state index contributed by atoms with van der Waals surface area (Å²) in [4.78, 5) is 0. The molecule has 0 atom stereocenters. The molecular weight excluding hydrogens is 289 g/mol. The van der Waals surface area contributed by atoms with Crippen LogP contribution in [0.1, 0.15) is 19.3 Å². The number of hydrogen-bond acceptors (Lipinski definition) is 2. The molecule has 0 amide bonds. The minimum absolute atomic E-state index is 0.621. The molecule has 0 radical (unpaired) electrons. The first kappa shape index (κ1) is 11.3. The Morgan fingerprint density at radius 1 is 1.21 bits per heavy atom. The lowest BCUT2D eigenvalue weighted by Gasteiger charge is -2.04. The third-order valence-corrected chi connectivity index (χ3v) is 2.48. The Morgan fingerprint density at radius 3 is 2.57 bits per heavy atom. The Bertz CT molecular complexity index is 302. The molecule has 0 aromatic heterocycles. The molecule has 1 aromatic carbocycles. The maximum Gasteiger partial charge on any atom is 0.119 e. The summed E-state index contributed by atoms with van der Waals surface area (Å²) in [5.74, 6) is 0.905. The quantitative estimate of drug-likeness (QED) is 0.617. The molecule has 0 aliphatic rings. The van der Waals surface area contributed by atoms with Crippen LogP contribution >= 0.6 is 22.6 Å². The van der Waals surface area contributed by atoms with E-state index in [1.165, 1.54) is 3.57 Å². The monoisotopic (exact) mass is 301 g/mol. The second-order valence-corrected chi connectivity index (χ2v) is 4.16. The van der Waals surface area contributed by atoms with E-state index in [1.54, 1.807) is 0 Å². The molecule has 0 N–H and O–H groups in total. The van der Waals surface area contributed by atoms with Gasteiger partial charge in [0.25, 0.3) is 0 Å². The highest BCUT2D eigenvalue weighted by Gasteiger charge is 1.93.